The summed E-state index contributed by atoms with van der Waals surface area (Å²) in [7, 11) is -3.03. The van der Waals surface area contributed by atoms with Crippen LogP contribution in [0.2, 0.25) is 0 Å². The normalized spacial score (nSPS) is 18.4. The second-order valence-electron chi connectivity index (χ2n) is 7.20. The summed E-state index contributed by atoms with van der Waals surface area (Å²) >= 11 is 0. The smallest absolute Gasteiger partial charge is 0.251 e. The number of hydrogen-bond donors (Lipinski definition) is 1. The molecule has 0 spiro atoms. The van der Waals surface area contributed by atoms with Gasteiger partial charge in [-0.2, -0.15) is 0 Å². The first-order valence-corrected chi connectivity index (χ1v) is 11.3. The van der Waals surface area contributed by atoms with Gasteiger partial charge in [0.1, 0.15) is 5.52 Å². The second-order valence-corrected chi connectivity index (χ2v) is 9.43. The Kier molecular flexibility index (Phi) is 5.17. The van der Waals surface area contributed by atoms with E-state index in [1.807, 2.05) is 18.2 Å². The molecule has 2 heterocycles. The summed E-state index contributed by atoms with van der Waals surface area (Å²) in [5.74, 6) is 0.520. The molecular weight excluding hydrogens is 376 g/mol. The van der Waals surface area contributed by atoms with Gasteiger partial charge in [-0.3, -0.25) is 4.79 Å². The van der Waals surface area contributed by atoms with Crippen LogP contribution in [-0.4, -0.2) is 36.9 Å². The molecule has 0 saturated carbocycles. The van der Waals surface area contributed by atoms with E-state index in [1.165, 1.54) is 5.56 Å². The van der Waals surface area contributed by atoms with Crippen LogP contribution in [0.15, 0.2) is 52.9 Å². The van der Waals surface area contributed by atoms with E-state index in [1.54, 1.807) is 18.2 Å². The minimum absolute atomic E-state index is 0.0104. The average molecular weight is 398 g/mol. The Bertz CT molecular complexity index is 1090. The van der Waals surface area contributed by atoms with Gasteiger partial charge in [0.15, 0.2) is 21.3 Å². The molecule has 1 aliphatic heterocycles. The predicted molar refractivity (Wildman–Crippen MR) is 107 cm³/mol. The van der Waals surface area contributed by atoms with Crippen LogP contribution in [-0.2, 0) is 22.7 Å². The maximum absolute atomic E-state index is 12.4. The number of carbonyl (C=O) groups is 1. The maximum atomic E-state index is 12.4. The molecule has 0 bridgehead atoms. The summed E-state index contributed by atoms with van der Waals surface area (Å²) in [6, 6.07) is 15.1. The first kappa shape index (κ1) is 18.7. The van der Waals surface area contributed by atoms with Gasteiger partial charge in [0.25, 0.3) is 5.91 Å². The number of sulfone groups is 1. The Hall–Kier alpha value is -2.67. The van der Waals surface area contributed by atoms with Gasteiger partial charge in [0, 0.05) is 18.0 Å². The molecule has 1 aromatic heterocycles. The molecule has 1 fully saturated rings. The number of rotatable bonds is 6. The van der Waals surface area contributed by atoms with Gasteiger partial charge >= 0.3 is 0 Å². The van der Waals surface area contributed by atoms with Crippen molar-refractivity contribution in [2.24, 2.45) is 0 Å². The highest BCUT2D eigenvalue weighted by Crippen LogP contribution is 2.19. The standard InChI is InChI=1S/C21H22N2O4S/c24-21(22-17-11-12-28(25,26)14-17)16-9-10-19-18(13-16)23-20(27-19)8-4-7-15-5-2-1-3-6-15/h1-3,5-6,9-10,13,17H,4,7-8,11-12,14H2,(H,22,24). The molecule has 2 aromatic carbocycles. The van der Waals surface area contributed by atoms with Crippen LogP contribution in [0, 0.1) is 0 Å². The van der Waals surface area contributed by atoms with Crippen LogP contribution in [0.5, 0.6) is 0 Å². The topological polar surface area (TPSA) is 89.3 Å². The Labute approximate surface area is 163 Å². The van der Waals surface area contributed by atoms with E-state index in [-0.39, 0.29) is 23.5 Å². The minimum atomic E-state index is -3.03. The SMILES string of the molecule is O=C(NC1CCS(=O)(=O)C1)c1ccc2oc(CCCc3ccccc3)nc2c1. The number of aryl methyl sites for hydroxylation is 2. The van der Waals surface area contributed by atoms with Gasteiger partial charge < -0.3 is 9.73 Å². The summed E-state index contributed by atoms with van der Waals surface area (Å²) in [6.07, 6.45) is 3.08. The lowest BCUT2D eigenvalue weighted by Gasteiger charge is -2.10. The minimum Gasteiger partial charge on any atom is -0.441 e. The van der Waals surface area contributed by atoms with Crippen molar-refractivity contribution >= 4 is 26.8 Å². The van der Waals surface area contributed by atoms with Crippen LogP contribution >= 0.6 is 0 Å². The maximum Gasteiger partial charge on any atom is 0.251 e. The molecule has 0 aliphatic carbocycles. The van der Waals surface area contributed by atoms with E-state index < -0.39 is 9.84 Å². The third kappa shape index (κ3) is 4.42. The first-order chi connectivity index (χ1) is 13.5. The molecule has 4 rings (SSSR count). The highest BCUT2D eigenvalue weighted by atomic mass is 32.2. The molecule has 146 valence electrons. The van der Waals surface area contributed by atoms with Gasteiger partial charge in [0.2, 0.25) is 0 Å². The fourth-order valence-electron chi connectivity index (χ4n) is 3.49. The van der Waals surface area contributed by atoms with E-state index in [0.717, 1.165) is 19.3 Å². The van der Waals surface area contributed by atoms with Crippen LogP contribution in [0.3, 0.4) is 0 Å². The molecule has 6 nitrogen and oxygen atoms in total. The fourth-order valence-corrected chi connectivity index (χ4v) is 5.16. The molecule has 1 unspecified atom stereocenters. The lowest BCUT2D eigenvalue weighted by atomic mass is 10.1. The number of fused-ring (bicyclic) bond motifs is 1. The number of aromatic nitrogens is 1. The molecule has 1 amide bonds. The monoisotopic (exact) mass is 398 g/mol. The van der Waals surface area contributed by atoms with Crippen LogP contribution in [0.4, 0.5) is 0 Å². The van der Waals surface area contributed by atoms with Crippen LogP contribution in [0.25, 0.3) is 11.1 Å². The van der Waals surface area contributed by atoms with Gasteiger partial charge in [-0.15, -0.1) is 0 Å². The quantitative estimate of drug-likeness (QED) is 0.690. The van der Waals surface area contributed by atoms with Crippen LogP contribution < -0.4 is 5.32 Å². The second kappa shape index (κ2) is 7.75. The van der Waals surface area contributed by atoms with Crippen molar-refractivity contribution in [2.45, 2.75) is 31.7 Å². The zero-order valence-electron chi connectivity index (χ0n) is 15.4. The molecule has 1 aliphatic rings. The first-order valence-electron chi connectivity index (χ1n) is 9.43. The van der Waals surface area contributed by atoms with Gasteiger partial charge in [-0.25, -0.2) is 13.4 Å². The Morgan fingerprint density at radius 3 is 2.71 bits per heavy atom. The highest BCUT2D eigenvalue weighted by Gasteiger charge is 2.29. The largest absolute Gasteiger partial charge is 0.441 e. The predicted octanol–water partition coefficient (Wildman–Crippen LogP) is 2.92. The van der Waals surface area contributed by atoms with Crippen molar-refractivity contribution in [1.29, 1.82) is 0 Å². The van der Waals surface area contributed by atoms with E-state index in [0.29, 0.717) is 29.0 Å². The van der Waals surface area contributed by atoms with Gasteiger partial charge in [-0.1, -0.05) is 30.3 Å². The fraction of sp³-hybridized carbons (Fsp3) is 0.333. The number of benzene rings is 2. The van der Waals surface area contributed by atoms with Crippen molar-refractivity contribution in [3.05, 3.63) is 65.5 Å². The molecular formula is C21H22N2O4S. The lowest BCUT2D eigenvalue weighted by Crippen LogP contribution is -2.35. The summed E-state index contributed by atoms with van der Waals surface area (Å²) < 4.78 is 28.9. The number of nitrogens with zero attached hydrogens (tertiary/aromatic N) is 1. The molecule has 28 heavy (non-hydrogen) atoms. The van der Waals surface area contributed by atoms with E-state index >= 15 is 0 Å². The zero-order chi connectivity index (χ0) is 19.6. The number of carbonyl (C=O) groups excluding carboxylic acids is 1. The van der Waals surface area contributed by atoms with Crippen molar-refractivity contribution in [3.8, 4) is 0 Å². The summed E-state index contributed by atoms with van der Waals surface area (Å²) in [5.41, 5.74) is 3.03. The van der Waals surface area contributed by atoms with Crippen molar-refractivity contribution in [3.63, 3.8) is 0 Å². The molecule has 1 N–H and O–H groups in total. The number of nitrogens with one attached hydrogen (secondary N) is 1. The van der Waals surface area contributed by atoms with Gasteiger partial charge in [-0.05, 0) is 43.0 Å². The molecule has 1 atom stereocenters. The summed E-state index contributed by atoms with van der Waals surface area (Å²) in [6.45, 7) is 0. The van der Waals surface area contributed by atoms with Crippen LogP contribution in [0.1, 0.15) is 34.7 Å². The summed E-state index contributed by atoms with van der Waals surface area (Å²) in [4.78, 5) is 16.9. The Morgan fingerprint density at radius 1 is 1.14 bits per heavy atom. The molecule has 0 radical (unpaired) electrons. The average Bonchev–Trinajstić information content (AvgIpc) is 3.24. The van der Waals surface area contributed by atoms with Crippen molar-refractivity contribution < 1.29 is 17.6 Å². The zero-order valence-corrected chi connectivity index (χ0v) is 16.2. The number of hydrogen-bond acceptors (Lipinski definition) is 5. The number of amides is 1. The Morgan fingerprint density at radius 2 is 1.96 bits per heavy atom. The van der Waals surface area contributed by atoms with Gasteiger partial charge in [0.05, 0.1) is 11.5 Å². The van der Waals surface area contributed by atoms with Crippen molar-refractivity contribution in [1.82, 2.24) is 10.3 Å². The third-order valence-electron chi connectivity index (χ3n) is 4.96. The highest BCUT2D eigenvalue weighted by molar-refractivity contribution is 7.91. The summed E-state index contributed by atoms with van der Waals surface area (Å²) in [5, 5.41) is 2.80. The molecule has 3 aromatic rings. The lowest BCUT2D eigenvalue weighted by molar-refractivity contribution is 0.0941. The Balaban J connectivity index is 1.39. The molecule has 1 saturated heterocycles. The van der Waals surface area contributed by atoms with Crippen molar-refractivity contribution in [2.75, 3.05) is 11.5 Å². The van der Waals surface area contributed by atoms with E-state index in [2.05, 4.69) is 22.4 Å². The molecule has 7 heteroatoms. The van der Waals surface area contributed by atoms with E-state index in [4.69, 9.17) is 4.42 Å². The van der Waals surface area contributed by atoms with E-state index in [9.17, 15) is 13.2 Å². The number of oxazole rings is 1. The third-order valence-corrected chi connectivity index (χ3v) is 6.73.